The van der Waals surface area contributed by atoms with Crippen molar-refractivity contribution in [3.8, 4) is 0 Å². The topological polar surface area (TPSA) is 128 Å². The molecule has 3 aliphatic rings. The van der Waals surface area contributed by atoms with E-state index >= 15 is 0 Å². The number of rotatable bonds is 7. The average molecular weight is 486 g/mol. The van der Waals surface area contributed by atoms with Gasteiger partial charge >= 0.3 is 6.09 Å². The molecule has 11 heteroatoms. The minimum Gasteiger partial charge on any atom is -0.449 e. The summed E-state index contributed by atoms with van der Waals surface area (Å²) in [5.41, 5.74) is 1.03. The highest BCUT2D eigenvalue weighted by Gasteiger charge is 2.45. The van der Waals surface area contributed by atoms with Crippen molar-refractivity contribution in [1.29, 1.82) is 0 Å². The molecule has 3 heterocycles. The van der Waals surface area contributed by atoms with Crippen LogP contribution in [0, 0.1) is 5.92 Å². The van der Waals surface area contributed by atoms with Gasteiger partial charge in [-0.05, 0) is 24.5 Å². The van der Waals surface area contributed by atoms with Gasteiger partial charge in [-0.2, -0.15) is 0 Å². The molecule has 1 aromatic carbocycles. The van der Waals surface area contributed by atoms with Crippen molar-refractivity contribution in [3.05, 3.63) is 29.3 Å². The van der Waals surface area contributed by atoms with E-state index in [9.17, 15) is 24.0 Å². The zero-order valence-electron chi connectivity index (χ0n) is 20.0. The van der Waals surface area contributed by atoms with Crippen LogP contribution in [-0.2, 0) is 14.3 Å². The highest BCUT2D eigenvalue weighted by atomic mass is 16.6. The summed E-state index contributed by atoms with van der Waals surface area (Å²) in [6.07, 6.45) is -0.0758. The summed E-state index contributed by atoms with van der Waals surface area (Å²) in [5.74, 6) is -1.79. The quantitative estimate of drug-likeness (QED) is 0.546. The smallest absolute Gasteiger partial charge is 0.409 e. The number of imide groups is 2. The minimum absolute atomic E-state index is 0.0810. The van der Waals surface area contributed by atoms with Crippen LogP contribution in [0.4, 0.5) is 10.5 Å². The zero-order chi connectivity index (χ0) is 25.1. The third kappa shape index (κ3) is 5.29. The lowest BCUT2D eigenvalue weighted by molar-refractivity contribution is -0.136. The van der Waals surface area contributed by atoms with Gasteiger partial charge in [0.05, 0.1) is 17.7 Å². The van der Waals surface area contributed by atoms with Gasteiger partial charge in [-0.15, -0.1) is 0 Å². The molecule has 0 bridgehead atoms. The number of nitrogens with one attached hydrogen (secondary N) is 2. The van der Waals surface area contributed by atoms with Crippen LogP contribution in [-0.4, -0.2) is 96.3 Å². The molecule has 0 radical (unpaired) electrons. The third-order valence-corrected chi connectivity index (χ3v) is 6.38. The molecule has 2 fully saturated rings. The molecule has 1 atom stereocenters. The fourth-order valence-electron chi connectivity index (χ4n) is 4.49. The Bertz CT molecular complexity index is 1030. The Hall–Kier alpha value is -3.47. The van der Waals surface area contributed by atoms with Crippen molar-refractivity contribution < 1.29 is 28.7 Å². The predicted molar refractivity (Wildman–Crippen MR) is 126 cm³/mol. The molecule has 2 N–H and O–H groups in total. The lowest BCUT2D eigenvalue weighted by Gasteiger charge is -2.34. The van der Waals surface area contributed by atoms with Crippen LogP contribution in [0.2, 0.25) is 0 Å². The molecular formula is C24H31N5O6. The van der Waals surface area contributed by atoms with E-state index in [0.29, 0.717) is 57.5 Å². The Morgan fingerprint density at radius 2 is 1.86 bits per heavy atom. The minimum atomic E-state index is -0.989. The van der Waals surface area contributed by atoms with E-state index in [1.54, 1.807) is 23.1 Å². The van der Waals surface area contributed by atoms with Crippen LogP contribution in [0.15, 0.2) is 18.2 Å². The van der Waals surface area contributed by atoms with E-state index in [1.807, 2.05) is 13.8 Å². The van der Waals surface area contributed by atoms with Gasteiger partial charge in [0.15, 0.2) is 0 Å². The number of amides is 5. The maximum Gasteiger partial charge on any atom is 0.409 e. The molecule has 11 nitrogen and oxygen atoms in total. The summed E-state index contributed by atoms with van der Waals surface area (Å²) in [5, 5.41) is 5.45. The molecule has 4 rings (SSSR count). The molecule has 35 heavy (non-hydrogen) atoms. The van der Waals surface area contributed by atoms with Crippen LogP contribution in [0.1, 0.15) is 47.4 Å². The van der Waals surface area contributed by atoms with E-state index in [4.69, 9.17) is 4.74 Å². The van der Waals surface area contributed by atoms with Crippen molar-refractivity contribution in [2.75, 3.05) is 51.2 Å². The van der Waals surface area contributed by atoms with E-state index in [1.165, 1.54) is 0 Å². The van der Waals surface area contributed by atoms with Crippen LogP contribution in [0.5, 0.6) is 0 Å². The van der Waals surface area contributed by atoms with Crippen molar-refractivity contribution in [2.45, 2.75) is 32.7 Å². The summed E-state index contributed by atoms with van der Waals surface area (Å²) in [4.78, 5) is 66.8. The summed E-state index contributed by atoms with van der Waals surface area (Å²) in [6, 6.07) is 4.02. The Balaban J connectivity index is 1.32. The second kappa shape index (κ2) is 10.4. The first-order chi connectivity index (χ1) is 16.8. The number of fused-ring (bicyclic) bond motifs is 1. The molecule has 1 unspecified atom stereocenters. The first-order valence-electron chi connectivity index (χ1n) is 12.0. The van der Waals surface area contributed by atoms with E-state index in [2.05, 4.69) is 15.5 Å². The largest absolute Gasteiger partial charge is 0.449 e. The average Bonchev–Trinajstić information content (AvgIpc) is 3.08. The number of carbonyl (C=O) groups excluding carboxylic acids is 5. The lowest BCUT2D eigenvalue weighted by atomic mass is 10.0. The van der Waals surface area contributed by atoms with Crippen molar-refractivity contribution >= 4 is 35.4 Å². The van der Waals surface area contributed by atoms with E-state index < -0.39 is 29.7 Å². The Labute approximate surface area is 203 Å². The second-order valence-corrected chi connectivity index (χ2v) is 9.40. The molecule has 1 aromatic rings. The highest BCUT2D eigenvalue weighted by Crippen LogP contribution is 2.32. The maximum atomic E-state index is 13.2. The summed E-state index contributed by atoms with van der Waals surface area (Å²) in [7, 11) is 0. The van der Waals surface area contributed by atoms with Crippen LogP contribution in [0.25, 0.3) is 0 Å². The van der Waals surface area contributed by atoms with Crippen molar-refractivity contribution in [2.24, 2.45) is 5.92 Å². The normalized spacial score (nSPS) is 20.8. The molecule has 3 aliphatic heterocycles. The van der Waals surface area contributed by atoms with Crippen LogP contribution < -0.4 is 10.6 Å². The number of benzene rings is 1. The van der Waals surface area contributed by atoms with Gasteiger partial charge in [0.1, 0.15) is 6.04 Å². The Morgan fingerprint density at radius 3 is 2.54 bits per heavy atom. The second-order valence-electron chi connectivity index (χ2n) is 9.40. The standard InChI is InChI=1S/C24H31N5O6/c1-15(2)14-35-24(34)28-12-10-27(11-13-28)9-8-25-17-5-3-4-16-20(17)23(33)29(22(16)32)18-6-7-19(30)26-21(18)31/h3-5,15,18,25H,6-14H2,1-2H3,(H,26,30,31). The van der Waals surface area contributed by atoms with E-state index in [0.717, 1.165) is 4.90 Å². The number of ether oxygens (including phenoxy) is 1. The third-order valence-electron chi connectivity index (χ3n) is 6.38. The van der Waals surface area contributed by atoms with Gasteiger partial charge in [-0.1, -0.05) is 19.9 Å². The number of nitrogens with zero attached hydrogens (tertiary/aromatic N) is 3. The maximum absolute atomic E-state index is 13.2. The molecule has 0 aliphatic carbocycles. The van der Waals surface area contributed by atoms with Gasteiger partial charge < -0.3 is 15.0 Å². The summed E-state index contributed by atoms with van der Waals surface area (Å²) in [6.45, 7) is 8.24. The van der Waals surface area contributed by atoms with Gasteiger partial charge in [0, 0.05) is 51.4 Å². The SMILES string of the molecule is CC(C)COC(=O)N1CCN(CCNc2cccc3c2C(=O)N(C2CCC(=O)NC2=O)C3=O)CC1. The number of hydrogen-bond donors (Lipinski definition) is 2. The summed E-state index contributed by atoms with van der Waals surface area (Å²) >= 11 is 0. The number of carbonyl (C=O) groups is 5. The number of piperazine rings is 1. The Morgan fingerprint density at radius 1 is 1.11 bits per heavy atom. The lowest BCUT2D eigenvalue weighted by Crippen LogP contribution is -2.54. The predicted octanol–water partition coefficient (Wildman–Crippen LogP) is 0.910. The van der Waals surface area contributed by atoms with Crippen molar-refractivity contribution in [1.82, 2.24) is 20.0 Å². The van der Waals surface area contributed by atoms with Crippen LogP contribution in [0.3, 0.4) is 0 Å². The number of piperidine rings is 1. The highest BCUT2D eigenvalue weighted by molar-refractivity contribution is 6.25. The molecule has 2 saturated heterocycles. The summed E-state index contributed by atoms with van der Waals surface area (Å²) < 4.78 is 5.29. The van der Waals surface area contributed by atoms with E-state index in [-0.39, 0.29) is 30.1 Å². The van der Waals surface area contributed by atoms with Gasteiger partial charge in [0.25, 0.3) is 11.8 Å². The molecular weight excluding hydrogens is 454 g/mol. The molecule has 188 valence electrons. The van der Waals surface area contributed by atoms with Gasteiger partial charge in [-0.25, -0.2) is 4.79 Å². The number of hydrogen-bond acceptors (Lipinski definition) is 8. The monoisotopic (exact) mass is 485 g/mol. The number of anilines is 1. The Kier molecular flexibility index (Phi) is 7.34. The molecule has 0 aromatic heterocycles. The molecule has 5 amide bonds. The van der Waals surface area contributed by atoms with Gasteiger partial charge in [-0.3, -0.25) is 34.3 Å². The van der Waals surface area contributed by atoms with Crippen LogP contribution >= 0.6 is 0 Å². The fraction of sp³-hybridized carbons (Fsp3) is 0.542. The van der Waals surface area contributed by atoms with Gasteiger partial charge in [0.2, 0.25) is 11.8 Å². The zero-order valence-corrected chi connectivity index (χ0v) is 20.0. The van der Waals surface area contributed by atoms with Crippen molar-refractivity contribution in [3.63, 3.8) is 0 Å². The molecule has 0 spiro atoms. The first-order valence-corrected chi connectivity index (χ1v) is 12.0. The first kappa shape index (κ1) is 24.6. The molecule has 0 saturated carbocycles. The fourth-order valence-corrected chi connectivity index (χ4v) is 4.49.